The van der Waals surface area contributed by atoms with Crippen LogP contribution in [0.15, 0.2) is 18.2 Å². The van der Waals surface area contributed by atoms with Crippen molar-refractivity contribution in [1.29, 1.82) is 0 Å². The molecule has 3 aliphatic rings. The number of hydrogen-bond donors (Lipinski definition) is 0. The van der Waals surface area contributed by atoms with E-state index < -0.39 is 37.2 Å². The van der Waals surface area contributed by atoms with Gasteiger partial charge in [-0.25, -0.2) is 0 Å². The molecule has 0 bridgehead atoms. The molecule has 0 saturated heterocycles. The summed E-state index contributed by atoms with van der Waals surface area (Å²) in [6.07, 6.45) is -15.8. The Labute approximate surface area is 246 Å². The molecule has 0 aromatic heterocycles. The molecule has 1 aromatic carbocycles. The molecule has 0 aliphatic heterocycles. The molecule has 0 radical (unpaired) electrons. The van der Waals surface area contributed by atoms with Crippen LogP contribution in [0.4, 0.5) is 39.5 Å². The normalized spacial score (nSPS) is 28.0. The van der Waals surface area contributed by atoms with Crippen LogP contribution in [0, 0.1) is 17.3 Å². The first kappa shape index (κ1) is 34.1. The minimum atomic E-state index is -6.73. The molecule has 43 heavy (non-hydrogen) atoms. The van der Waals surface area contributed by atoms with Crippen molar-refractivity contribution < 1.29 is 53.7 Å². The van der Waals surface area contributed by atoms with E-state index in [-0.39, 0.29) is 18.1 Å². The standard InChI is InChI=1S/C30H40F9NO3/c1-4-40(3)14-17-41-20-7-9-21-19(18-20)6-8-23-22(21)12-13-26(2)24(23)10-11-25(26)42-15-5-16-43-27(28(31,32)33,29(34,35)36)30(37,38)39/h7,9,18,22-25H,4-6,8,10-17H2,1-3H3. The number of likely N-dealkylation sites (N-methyl/N-ethyl adjacent to an activating group) is 1. The molecule has 13 heteroatoms. The number of halogens is 9. The molecule has 0 N–H and O–H groups in total. The van der Waals surface area contributed by atoms with E-state index in [1.807, 2.05) is 13.1 Å². The molecule has 5 unspecified atom stereocenters. The van der Waals surface area contributed by atoms with Crippen LogP contribution >= 0.6 is 0 Å². The van der Waals surface area contributed by atoms with Gasteiger partial charge in [-0.3, -0.25) is 0 Å². The van der Waals surface area contributed by atoms with Crippen LogP contribution < -0.4 is 4.74 Å². The van der Waals surface area contributed by atoms with Gasteiger partial charge in [0.05, 0.1) is 12.7 Å². The number of benzene rings is 1. The first-order chi connectivity index (χ1) is 20.0. The highest BCUT2D eigenvalue weighted by molar-refractivity contribution is 5.40. The number of alkyl halides is 9. The van der Waals surface area contributed by atoms with Crippen LogP contribution in [0.5, 0.6) is 5.75 Å². The quantitative estimate of drug-likeness (QED) is 0.182. The molecule has 4 nitrogen and oxygen atoms in total. The molecule has 0 amide bonds. The second-order valence-corrected chi connectivity index (χ2v) is 12.4. The second kappa shape index (κ2) is 12.6. The van der Waals surface area contributed by atoms with Gasteiger partial charge in [-0.15, -0.1) is 0 Å². The third kappa shape index (κ3) is 6.50. The fourth-order valence-electron chi connectivity index (χ4n) is 7.59. The Morgan fingerprint density at radius 2 is 1.56 bits per heavy atom. The first-order valence-electron chi connectivity index (χ1n) is 14.9. The van der Waals surface area contributed by atoms with Crippen LogP contribution in [0.25, 0.3) is 0 Å². The summed E-state index contributed by atoms with van der Waals surface area (Å²) in [5.41, 5.74) is -3.85. The van der Waals surface area contributed by atoms with E-state index >= 15 is 0 Å². The zero-order valence-electron chi connectivity index (χ0n) is 24.6. The van der Waals surface area contributed by atoms with E-state index in [1.54, 1.807) is 0 Å². The third-order valence-electron chi connectivity index (χ3n) is 10.0. The molecular weight excluding hydrogens is 593 g/mol. The SMILES string of the molecule is CCN(C)CCOc1ccc2c(c1)CCC1C2CCC2(C)C(OCCCOC(C(F)(F)F)(C(F)(F)F)C(F)(F)F)CCC12. The Bertz CT molecular complexity index is 1050. The van der Waals surface area contributed by atoms with Crippen molar-refractivity contribution in [1.82, 2.24) is 4.90 Å². The van der Waals surface area contributed by atoms with Gasteiger partial charge in [0.25, 0.3) is 0 Å². The molecule has 2 saturated carbocycles. The van der Waals surface area contributed by atoms with Gasteiger partial charge in [0.2, 0.25) is 0 Å². The Balaban J connectivity index is 1.33. The maximum Gasteiger partial charge on any atom is 0.435 e. The zero-order valence-corrected chi connectivity index (χ0v) is 24.6. The van der Waals surface area contributed by atoms with E-state index in [1.165, 1.54) is 11.1 Å². The van der Waals surface area contributed by atoms with Gasteiger partial charge in [0.15, 0.2) is 0 Å². The van der Waals surface area contributed by atoms with Crippen molar-refractivity contribution in [2.24, 2.45) is 17.3 Å². The second-order valence-electron chi connectivity index (χ2n) is 12.4. The molecule has 5 atom stereocenters. The van der Waals surface area contributed by atoms with Gasteiger partial charge in [-0.1, -0.05) is 19.9 Å². The van der Waals surface area contributed by atoms with Gasteiger partial charge < -0.3 is 19.1 Å². The minimum absolute atomic E-state index is 0.235. The lowest BCUT2D eigenvalue weighted by Gasteiger charge is -2.50. The number of fused-ring (bicyclic) bond motifs is 5. The Morgan fingerprint density at radius 3 is 2.19 bits per heavy atom. The van der Waals surface area contributed by atoms with Gasteiger partial charge in [0.1, 0.15) is 12.4 Å². The highest BCUT2D eigenvalue weighted by atomic mass is 19.4. The summed E-state index contributed by atoms with van der Waals surface area (Å²) in [5.74, 6) is 1.99. The van der Waals surface area contributed by atoms with Crippen LogP contribution in [-0.2, 0) is 15.9 Å². The van der Waals surface area contributed by atoms with Crippen molar-refractivity contribution in [3.63, 3.8) is 0 Å². The summed E-state index contributed by atoms with van der Waals surface area (Å²) in [6.45, 7) is 4.89. The molecule has 0 heterocycles. The summed E-state index contributed by atoms with van der Waals surface area (Å²) in [5, 5.41) is 0. The maximum absolute atomic E-state index is 13.1. The lowest BCUT2D eigenvalue weighted by atomic mass is 9.55. The average Bonchev–Trinajstić information content (AvgIpc) is 3.24. The summed E-state index contributed by atoms with van der Waals surface area (Å²) >= 11 is 0. The van der Waals surface area contributed by atoms with Crippen molar-refractivity contribution in [2.75, 3.05) is 40.0 Å². The zero-order chi connectivity index (χ0) is 31.8. The first-order valence-corrected chi connectivity index (χ1v) is 14.9. The Morgan fingerprint density at radius 1 is 0.884 bits per heavy atom. The fraction of sp³-hybridized carbons (Fsp3) is 0.800. The molecule has 2 fully saturated rings. The summed E-state index contributed by atoms with van der Waals surface area (Å²) in [7, 11) is 2.04. The molecule has 3 aliphatic carbocycles. The summed E-state index contributed by atoms with van der Waals surface area (Å²) in [4.78, 5) is 2.18. The topological polar surface area (TPSA) is 30.9 Å². The number of aryl methyl sites for hydroxylation is 1. The smallest absolute Gasteiger partial charge is 0.435 e. The fourth-order valence-corrected chi connectivity index (χ4v) is 7.59. The molecule has 4 rings (SSSR count). The van der Waals surface area contributed by atoms with Crippen LogP contribution in [0.1, 0.15) is 69.4 Å². The van der Waals surface area contributed by atoms with Crippen molar-refractivity contribution in [3.8, 4) is 5.75 Å². The predicted octanol–water partition coefficient (Wildman–Crippen LogP) is 8.09. The lowest BCUT2D eigenvalue weighted by Crippen LogP contribution is -2.67. The monoisotopic (exact) mass is 633 g/mol. The highest BCUT2D eigenvalue weighted by Gasteiger charge is 2.85. The Kier molecular flexibility index (Phi) is 9.99. The van der Waals surface area contributed by atoms with Crippen molar-refractivity contribution in [2.45, 2.75) is 94.9 Å². The Hall–Kier alpha value is -1.73. The van der Waals surface area contributed by atoms with E-state index in [0.717, 1.165) is 50.9 Å². The predicted molar refractivity (Wildman–Crippen MR) is 141 cm³/mol. The van der Waals surface area contributed by atoms with E-state index in [4.69, 9.17) is 9.47 Å². The summed E-state index contributed by atoms with van der Waals surface area (Å²) in [6, 6.07) is 6.33. The van der Waals surface area contributed by atoms with Gasteiger partial charge >= 0.3 is 24.1 Å². The largest absolute Gasteiger partial charge is 0.492 e. The van der Waals surface area contributed by atoms with Gasteiger partial charge in [-0.05, 0) is 105 Å². The van der Waals surface area contributed by atoms with E-state index in [0.29, 0.717) is 30.8 Å². The van der Waals surface area contributed by atoms with E-state index in [9.17, 15) is 39.5 Å². The van der Waals surface area contributed by atoms with Crippen molar-refractivity contribution >= 4 is 0 Å². The van der Waals surface area contributed by atoms with Crippen LogP contribution in [0.2, 0.25) is 0 Å². The average molecular weight is 634 g/mol. The van der Waals surface area contributed by atoms with Crippen LogP contribution in [0.3, 0.4) is 0 Å². The number of nitrogens with zero attached hydrogens (tertiary/aromatic N) is 1. The van der Waals surface area contributed by atoms with Crippen LogP contribution in [-0.4, -0.2) is 75.1 Å². The lowest BCUT2D eigenvalue weighted by molar-refractivity contribution is -0.457. The number of rotatable bonds is 11. The van der Waals surface area contributed by atoms with Gasteiger partial charge in [0, 0.05) is 13.2 Å². The van der Waals surface area contributed by atoms with E-state index in [2.05, 4.69) is 35.6 Å². The van der Waals surface area contributed by atoms with Crippen molar-refractivity contribution in [3.05, 3.63) is 29.3 Å². The third-order valence-corrected chi connectivity index (χ3v) is 10.0. The molecule has 246 valence electrons. The molecule has 0 spiro atoms. The molecule has 1 aromatic rings. The molecular formula is C30H40F9NO3. The number of ether oxygens (including phenoxy) is 3. The minimum Gasteiger partial charge on any atom is -0.492 e. The van der Waals surface area contributed by atoms with Gasteiger partial charge in [-0.2, -0.15) is 39.5 Å². The summed E-state index contributed by atoms with van der Waals surface area (Å²) < 4.78 is 133. The highest BCUT2D eigenvalue weighted by Crippen LogP contribution is 2.62. The number of hydrogen-bond acceptors (Lipinski definition) is 4. The maximum atomic E-state index is 13.1.